The second-order valence-electron chi connectivity index (χ2n) is 9.21. The fraction of sp³-hybridized carbons (Fsp3) is 0.696. The van der Waals surface area contributed by atoms with E-state index in [1.54, 1.807) is 0 Å². The van der Waals surface area contributed by atoms with E-state index in [1.165, 1.54) is 37.3 Å². The van der Waals surface area contributed by atoms with Crippen molar-refractivity contribution in [1.82, 2.24) is 24.3 Å². The van der Waals surface area contributed by atoms with Gasteiger partial charge in [-0.05, 0) is 51.3 Å². The summed E-state index contributed by atoms with van der Waals surface area (Å²) >= 11 is 1.41. The Morgan fingerprint density at radius 3 is 2.32 bits per heavy atom. The molecule has 5 rings (SSSR count). The van der Waals surface area contributed by atoms with Crippen molar-refractivity contribution in [2.24, 2.45) is 0 Å². The monoisotopic (exact) mass is 443 g/mol. The molecular weight excluding hydrogens is 410 g/mol. The van der Waals surface area contributed by atoms with Crippen LogP contribution in [0.4, 0.5) is 0 Å². The fourth-order valence-corrected chi connectivity index (χ4v) is 6.38. The van der Waals surface area contributed by atoms with E-state index in [9.17, 15) is 9.59 Å². The van der Waals surface area contributed by atoms with E-state index in [1.807, 2.05) is 16.4 Å². The summed E-state index contributed by atoms with van der Waals surface area (Å²) in [7, 11) is 0. The number of hydrogen-bond acceptors (Lipinski definition) is 6. The normalized spacial score (nSPS) is 20.9. The molecule has 0 radical (unpaired) electrons. The van der Waals surface area contributed by atoms with Gasteiger partial charge in [0.15, 0.2) is 0 Å². The van der Waals surface area contributed by atoms with E-state index in [-0.39, 0.29) is 11.5 Å². The number of nitrogens with zero attached hydrogens (tertiary/aromatic N) is 5. The molecule has 0 bridgehead atoms. The number of thiophene rings is 1. The average molecular weight is 444 g/mol. The highest BCUT2D eigenvalue weighted by atomic mass is 32.1. The van der Waals surface area contributed by atoms with Crippen molar-refractivity contribution in [3.63, 3.8) is 0 Å². The topological polar surface area (TPSA) is 61.7 Å². The maximum atomic E-state index is 13.3. The Morgan fingerprint density at radius 2 is 1.58 bits per heavy atom. The number of rotatable bonds is 4. The number of aryl methyl sites for hydroxylation is 2. The molecule has 2 fully saturated rings. The van der Waals surface area contributed by atoms with Crippen LogP contribution in [0.25, 0.3) is 10.2 Å². The number of fused-ring (bicyclic) bond motifs is 2. The first-order valence-corrected chi connectivity index (χ1v) is 12.7. The smallest absolute Gasteiger partial charge is 0.264 e. The average Bonchev–Trinajstić information content (AvgIpc) is 3.34. The van der Waals surface area contributed by atoms with Crippen LogP contribution in [-0.2, 0) is 13.0 Å². The number of piperazine rings is 1. The Labute approximate surface area is 187 Å². The zero-order valence-electron chi connectivity index (χ0n) is 18.6. The van der Waals surface area contributed by atoms with E-state index in [2.05, 4.69) is 9.80 Å². The Hall–Kier alpha value is -1.77. The largest absolute Gasteiger partial charge is 0.335 e. The Kier molecular flexibility index (Phi) is 6.12. The van der Waals surface area contributed by atoms with Gasteiger partial charge in [-0.3, -0.25) is 19.1 Å². The lowest BCUT2D eigenvalue weighted by molar-refractivity contribution is 0.0631. The van der Waals surface area contributed by atoms with Crippen molar-refractivity contribution in [2.45, 2.75) is 52.0 Å². The van der Waals surface area contributed by atoms with E-state index >= 15 is 0 Å². The van der Waals surface area contributed by atoms with E-state index in [0.29, 0.717) is 10.3 Å². The molecule has 31 heavy (non-hydrogen) atoms. The number of aromatic nitrogens is 2. The molecule has 1 amide bonds. The molecule has 0 aliphatic carbocycles. The molecule has 5 heterocycles. The maximum absolute atomic E-state index is 13.3. The van der Waals surface area contributed by atoms with Crippen LogP contribution in [0.3, 0.4) is 0 Å². The molecule has 0 spiro atoms. The molecule has 0 aromatic carbocycles. The third-order valence-corrected chi connectivity index (χ3v) is 8.37. The highest BCUT2D eigenvalue weighted by molar-refractivity contribution is 7.20. The number of likely N-dealkylation sites (tertiary alicyclic amines) is 1. The molecule has 168 valence electrons. The van der Waals surface area contributed by atoms with Gasteiger partial charge in [0.1, 0.15) is 10.7 Å². The summed E-state index contributed by atoms with van der Waals surface area (Å²) in [4.78, 5) is 39.7. The zero-order chi connectivity index (χ0) is 21.4. The second-order valence-corrected chi connectivity index (χ2v) is 10.2. The zero-order valence-corrected chi connectivity index (χ0v) is 19.4. The van der Waals surface area contributed by atoms with Gasteiger partial charge in [0, 0.05) is 52.2 Å². The first kappa shape index (κ1) is 21.1. The lowest BCUT2D eigenvalue weighted by Gasteiger charge is -2.35. The van der Waals surface area contributed by atoms with Crippen molar-refractivity contribution >= 4 is 27.5 Å². The summed E-state index contributed by atoms with van der Waals surface area (Å²) in [6, 6.07) is 0. The number of amides is 1. The molecule has 3 aliphatic heterocycles. The molecule has 0 unspecified atom stereocenters. The van der Waals surface area contributed by atoms with Crippen LogP contribution in [0.5, 0.6) is 0 Å². The van der Waals surface area contributed by atoms with E-state index in [0.717, 1.165) is 87.7 Å². The molecule has 0 atom stereocenters. The van der Waals surface area contributed by atoms with Gasteiger partial charge >= 0.3 is 0 Å². The predicted octanol–water partition coefficient (Wildman–Crippen LogP) is 2.35. The second kappa shape index (κ2) is 9.00. The van der Waals surface area contributed by atoms with Crippen molar-refractivity contribution in [3.05, 3.63) is 26.6 Å². The van der Waals surface area contributed by atoms with Gasteiger partial charge in [0.2, 0.25) is 0 Å². The molecule has 2 aromatic rings. The van der Waals surface area contributed by atoms with Crippen LogP contribution in [-0.4, -0.2) is 82.5 Å². The number of hydrogen-bond donors (Lipinski definition) is 0. The third kappa shape index (κ3) is 4.17. The molecule has 3 aliphatic rings. The lowest BCUT2D eigenvalue weighted by Crippen LogP contribution is -2.50. The van der Waals surface area contributed by atoms with Gasteiger partial charge in [-0.15, -0.1) is 11.3 Å². The minimum atomic E-state index is 0.0430. The molecule has 7 nitrogen and oxygen atoms in total. The minimum absolute atomic E-state index is 0.0430. The van der Waals surface area contributed by atoms with Crippen molar-refractivity contribution < 1.29 is 4.79 Å². The summed E-state index contributed by atoms with van der Waals surface area (Å²) in [6.45, 7) is 10.8. The first-order chi connectivity index (χ1) is 15.1. The van der Waals surface area contributed by atoms with Gasteiger partial charge in [-0.2, -0.15) is 0 Å². The number of carbonyl (C=O) groups excluding carboxylic acids is 1. The predicted molar refractivity (Wildman–Crippen MR) is 124 cm³/mol. The van der Waals surface area contributed by atoms with Crippen LogP contribution in [0.15, 0.2) is 4.79 Å². The standard InChI is InChI=1S/C23H33N5O2S/c1-17-19-21(24-18-7-3-2-4-10-28(18)22(19)29)31-20(17)23(30)27-15-13-26(14-16-27)12-11-25-8-5-6-9-25/h2-16H2,1H3. The fourth-order valence-electron chi connectivity index (χ4n) is 5.22. The Balaban J connectivity index is 1.29. The summed E-state index contributed by atoms with van der Waals surface area (Å²) in [5, 5.41) is 0.656. The minimum Gasteiger partial charge on any atom is -0.335 e. The lowest BCUT2D eigenvalue weighted by atomic mass is 10.2. The highest BCUT2D eigenvalue weighted by Gasteiger charge is 2.27. The van der Waals surface area contributed by atoms with E-state index < -0.39 is 0 Å². The first-order valence-electron chi connectivity index (χ1n) is 11.9. The van der Waals surface area contributed by atoms with Gasteiger partial charge < -0.3 is 9.80 Å². The van der Waals surface area contributed by atoms with Crippen LogP contribution in [0, 0.1) is 6.92 Å². The molecule has 0 saturated carbocycles. The summed E-state index contributed by atoms with van der Waals surface area (Å²) in [5.74, 6) is 0.959. The van der Waals surface area contributed by atoms with Gasteiger partial charge in [0.25, 0.3) is 11.5 Å². The van der Waals surface area contributed by atoms with Crippen LogP contribution in [0.2, 0.25) is 0 Å². The van der Waals surface area contributed by atoms with E-state index in [4.69, 9.17) is 4.98 Å². The number of carbonyl (C=O) groups is 1. The van der Waals surface area contributed by atoms with Crippen LogP contribution < -0.4 is 5.56 Å². The molecule has 0 N–H and O–H groups in total. The van der Waals surface area contributed by atoms with Crippen molar-refractivity contribution in [3.8, 4) is 0 Å². The Morgan fingerprint density at radius 1 is 0.903 bits per heavy atom. The van der Waals surface area contributed by atoms with Crippen LogP contribution in [0.1, 0.15) is 53.2 Å². The SMILES string of the molecule is Cc1c(C(=O)N2CCN(CCN3CCCC3)CC2)sc2nc3n(c(=O)c12)CCCCC3. The van der Waals surface area contributed by atoms with Crippen LogP contribution >= 0.6 is 11.3 Å². The third-order valence-electron chi connectivity index (χ3n) is 7.20. The summed E-state index contributed by atoms with van der Waals surface area (Å²) in [5.41, 5.74) is 0.861. The van der Waals surface area contributed by atoms with Crippen molar-refractivity contribution in [1.29, 1.82) is 0 Å². The van der Waals surface area contributed by atoms with Gasteiger partial charge in [-0.25, -0.2) is 4.98 Å². The Bertz CT molecular complexity index is 1020. The molecule has 8 heteroatoms. The quantitative estimate of drug-likeness (QED) is 0.726. The molecule has 2 saturated heterocycles. The van der Waals surface area contributed by atoms with Gasteiger partial charge in [0.05, 0.1) is 10.3 Å². The highest BCUT2D eigenvalue weighted by Crippen LogP contribution is 2.29. The molecule has 2 aromatic heterocycles. The van der Waals surface area contributed by atoms with Crippen molar-refractivity contribution in [2.75, 3.05) is 52.4 Å². The van der Waals surface area contributed by atoms with Gasteiger partial charge in [-0.1, -0.05) is 6.42 Å². The molecular formula is C23H33N5O2S. The summed E-state index contributed by atoms with van der Waals surface area (Å²) < 4.78 is 1.85. The summed E-state index contributed by atoms with van der Waals surface area (Å²) in [6.07, 6.45) is 6.76. The maximum Gasteiger partial charge on any atom is 0.264 e.